The summed E-state index contributed by atoms with van der Waals surface area (Å²) in [6, 6.07) is 11.5. The summed E-state index contributed by atoms with van der Waals surface area (Å²) in [6.45, 7) is 6.55. The predicted molar refractivity (Wildman–Crippen MR) is 116 cm³/mol. The molecule has 3 rings (SSSR count). The Kier molecular flexibility index (Phi) is 6.90. The van der Waals surface area contributed by atoms with Crippen LogP contribution in [0.4, 0.5) is 0 Å². The Morgan fingerprint density at radius 2 is 1.47 bits per heavy atom. The molecule has 0 aliphatic heterocycles. The lowest BCUT2D eigenvalue weighted by molar-refractivity contribution is 0.0730. The van der Waals surface area contributed by atoms with E-state index in [0.29, 0.717) is 40.3 Å². The van der Waals surface area contributed by atoms with E-state index in [2.05, 4.69) is 0 Å². The zero-order valence-corrected chi connectivity index (χ0v) is 17.8. The van der Waals surface area contributed by atoms with E-state index in [1.54, 1.807) is 56.3 Å². The smallest absolute Gasteiger partial charge is 0.343 e. The first kappa shape index (κ1) is 21.6. The van der Waals surface area contributed by atoms with Crippen LogP contribution in [0.25, 0.3) is 10.8 Å². The highest BCUT2D eigenvalue weighted by Gasteiger charge is 2.25. The van der Waals surface area contributed by atoms with Crippen molar-refractivity contribution in [3.8, 4) is 28.7 Å². The van der Waals surface area contributed by atoms with Crippen molar-refractivity contribution in [2.24, 2.45) is 0 Å². The first-order valence-corrected chi connectivity index (χ1v) is 10.1. The van der Waals surface area contributed by atoms with Gasteiger partial charge in [0.2, 0.25) is 11.5 Å². The number of carbonyl (C=O) groups excluding carboxylic acids is 1. The van der Waals surface area contributed by atoms with Crippen LogP contribution in [-0.4, -0.2) is 30.9 Å². The maximum atomic E-state index is 12.9. The summed E-state index contributed by atoms with van der Waals surface area (Å²) in [5.41, 5.74) is 0.335. The van der Waals surface area contributed by atoms with Gasteiger partial charge in [0.15, 0.2) is 11.5 Å². The van der Waals surface area contributed by atoms with Crippen molar-refractivity contribution in [2.45, 2.75) is 20.8 Å². The zero-order valence-electron chi connectivity index (χ0n) is 17.0. The molecule has 0 aliphatic carbocycles. The van der Waals surface area contributed by atoms with Gasteiger partial charge in [-0.15, -0.1) is 0 Å². The number of hydrogen-bond donors (Lipinski definition) is 1. The van der Waals surface area contributed by atoms with Crippen LogP contribution in [-0.2, 0) is 0 Å². The van der Waals surface area contributed by atoms with Gasteiger partial charge in [0.25, 0.3) is 0 Å². The third kappa shape index (κ3) is 4.39. The second-order valence-corrected chi connectivity index (χ2v) is 6.68. The average molecular weight is 431 g/mol. The Morgan fingerprint density at radius 1 is 0.833 bits per heavy atom. The summed E-state index contributed by atoms with van der Waals surface area (Å²) in [4.78, 5) is 12.9. The molecule has 0 radical (unpaired) electrons. The Bertz CT molecular complexity index is 1050. The van der Waals surface area contributed by atoms with E-state index in [1.165, 1.54) is 0 Å². The number of fused-ring (bicyclic) bond motifs is 1. The third-order valence-electron chi connectivity index (χ3n) is 4.28. The van der Waals surface area contributed by atoms with Crippen LogP contribution in [0.3, 0.4) is 0 Å². The van der Waals surface area contributed by atoms with E-state index in [9.17, 15) is 9.90 Å². The summed E-state index contributed by atoms with van der Waals surface area (Å²) < 4.78 is 22.5. The van der Waals surface area contributed by atoms with Gasteiger partial charge in [0.1, 0.15) is 5.75 Å². The molecule has 7 heteroatoms. The van der Waals surface area contributed by atoms with Crippen molar-refractivity contribution >= 4 is 28.3 Å². The third-order valence-corrected chi connectivity index (χ3v) is 4.52. The first-order valence-electron chi connectivity index (χ1n) is 9.68. The lowest BCUT2D eigenvalue weighted by Crippen LogP contribution is -2.11. The summed E-state index contributed by atoms with van der Waals surface area (Å²) in [6.07, 6.45) is 0. The summed E-state index contributed by atoms with van der Waals surface area (Å²) in [5, 5.41) is 12.0. The lowest BCUT2D eigenvalue weighted by Gasteiger charge is -2.19. The van der Waals surface area contributed by atoms with Crippen LogP contribution >= 0.6 is 11.6 Å². The fraction of sp³-hybridized carbons (Fsp3) is 0.261. The van der Waals surface area contributed by atoms with Gasteiger partial charge in [-0.3, -0.25) is 0 Å². The van der Waals surface area contributed by atoms with E-state index in [1.807, 2.05) is 6.92 Å². The molecule has 6 nitrogen and oxygen atoms in total. The second-order valence-electron chi connectivity index (χ2n) is 6.24. The molecule has 0 unspecified atom stereocenters. The normalized spacial score (nSPS) is 10.7. The molecule has 0 aromatic heterocycles. The van der Waals surface area contributed by atoms with Crippen LogP contribution in [0.1, 0.15) is 31.1 Å². The van der Waals surface area contributed by atoms with Crippen molar-refractivity contribution < 1.29 is 28.8 Å². The van der Waals surface area contributed by atoms with Gasteiger partial charge >= 0.3 is 5.97 Å². The van der Waals surface area contributed by atoms with Crippen molar-refractivity contribution in [1.29, 1.82) is 0 Å². The molecule has 30 heavy (non-hydrogen) atoms. The molecular formula is C23H23ClO6. The van der Waals surface area contributed by atoms with Crippen LogP contribution in [0, 0.1) is 0 Å². The van der Waals surface area contributed by atoms with Crippen molar-refractivity contribution in [1.82, 2.24) is 0 Å². The Balaban J connectivity index is 2.12. The quantitative estimate of drug-likeness (QED) is 0.369. The van der Waals surface area contributed by atoms with Crippen LogP contribution in [0.5, 0.6) is 28.7 Å². The van der Waals surface area contributed by atoms with Gasteiger partial charge in [0, 0.05) is 15.8 Å². The van der Waals surface area contributed by atoms with E-state index in [4.69, 9.17) is 30.5 Å². The fourth-order valence-electron chi connectivity index (χ4n) is 3.03. The Hall–Kier alpha value is -3.12. The summed E-state index contributed by atoms with van der Waals surface area (Å²) in [7, 11) is 0. The van der Waals surface area contributed by atoms with Crippen LogP contribution in [0.15, 0.2) is 42.5 Å². The van der Waals surface area contributed by atoms with Gasteiger partial charge in [-0.2, -0.15) is 0 Å². The molecule has 0 aliphatic rings. The molecule has 0 amide bonds. The summed E-state index contributed by atoms with van der Waals surface area (Å²) >= 11 is 6.17. The number of hydrogen-bond acceptors (Lipinski definition) is 6. The number of rotatable bonds is 8. The Labute approximate surface area is 179 Å². The monoisotopic (exact) mass is 430 g/mol. The van der Waals surface area contributed by atoms with Crippen molar-refractivity contribution in [3.05, 3.63) is 53.1 Å². The molecule has 0 fully saturated rings. The molecule has 0 heterocycles. The predicted octanol–water partition coefficient (Wildman–Crippen LogP) is 5.61. The maximum absolute atomic E-state index is 12.9. The lowest BCUT2D eigenvalue weighted by atomic mass is 10.1. The first-order chi connectivity index (χ1) is 14.5. The minimum absolute atomic E-state index is 0.104. The van der Waals surface area contributed by atoms with Crippen LogP contribution < -0.4 is 18.9 Å². The molecule has 1 N–H and O–H groups in total. The second kappa shape index (κ2) is 9.59. The molecular weight excluding hydrogens is 408 g/mol. The van der Waals surface area contributed by atoms with E-state index < -0.39 is 5.97 Å². The number of aromatic hydroxyl groups is 1. The maximum Gasteiger partial charge on any atom is 0.343 e. The van der Waals surface area contributed by atoms with E-state index in [-0.39, 0.29) is 29.6 Å². The molecule has 3 aromatic rings. The molecule has 0 atom stereocenters. The Morgan fingerprint density at radius 3 is 2.10 bits per heavy atom. The summed E-state index contributed by atoms with van der Waals surface area (Å²) in [5.74, 6) is 0.356. The number of esters is 1. The standard InChI is InChI=1S/C23H23ClO6/c1-4-27-16-10-7-14(8-11-16)23(26)30-20-18-13-15(24)9-12-17(18)19(25)21(28-5-2)22(20)29-6-3/h7-13,25H,4-6H2,1-3H3. The van der Waals surface area contributed by atoms with Gasteiger partial charge in [-0.05, 0) is 63.2 Å². The SMILES string of the molecule is CCOc1ccc(C(=O)Oc2c(OCC)c(OCC)c(O)c3ccc(Cl)cc23)cc1. The number of carbonyl (C=O) groups is 1. The number of phenolic OH excluding ortho intramolecular Hbond substituents is 1. The molecule has 0 saturated carbocycles. The number of benzene rings is 3. The molecule has 0 spiro atoms. The molecule has 0 bridgehead atoms. The van der Waals surface area contributed by atoms with Crippen molar-refractivity contribution in [3.63, 3.8) is 0 Å². The van der Waals surface area contributed by atoms with Gasteiger partial charge in [0.05, 0.1) is 25.4 Å². The van der Waals surface area contributed by atoms with Crippen molar-refractivity contribution in [2.75, 3.05) is 19.8 Å². The topological polar surface area (TPSA) is 74.2 Å². The molecule has 3 aromatic carbocycles. The molecule has 158 valence electrons. The van der Waals surface area contributed by atoms with Gasteiger partial charge in [-0.1, -0.05) is 11.6 Å². The highest BCUT2D eigenvalue weighted by molar-refractivity contribution is 6.31. The largest absolute Gasteiger partial charge is 0.504 e. The van der Waals surface area contributed by atoms with E-state index in [0.717, 1.165) is 0 Å². The van der Waals surface area contributed by atoms with Crippen LogP contribution in [0.2, 0.25) is 5.02 Å². The zero-order chi connectivity index (χ0) is 21.7. The van der Waals surface area contributed by atoms with E-state index >= 15 is 0 Å². The average Bonchev–Trinajstić information content (AvgIpc) is 2.74. The number of ether oxygens (including phenoxy) is 4. The van der Waals surface area contributed by atoms with Gasteiger partial charge in [-0.25, -0.2) is 4.79 Å². The fourth-order valence-corrected chi connectivity index (χ4v) is 3.20. The minimum Gasteiger partial charge on any atom is -0.504 e. The number of phenols is 1. The van der Waals surface area contributed by atoms with Gasteiger partial charge < -0.3 is 24.1 Å². The highest BCUT2D eigenvalue weighted by Crippen LogP contribution is 2.51. The minimum atomic E-state index is -0.589. The number of halogens is 1. The highest BCUT2D eigenvalue weighted by atomic mass is 35.5. The molecule has 0 saturated heterocycles.